The lowest BCUT2D eigenvalue weighted by Crippen LogP contribution is -2.43. The van der Waals surface area contributed by atoms with Crippen molar-refractivity contribution in [1.29, 1.82) is 0 Å². The number of amides is 1. The quantitative estimate of drug-likeness (QED) is 0.543. The first-order chi connectivity index (χ1) is 6.82. The summed E-state index contributed by atoms with van der Waals surface area (Å²) >= 11 is 0. The van der Waals surface area contributed by atoms with Crippen LogP contribution < -0.4 is 0 Å². The number of alkyl halides is 3. The molecule has 0 spiro atoms. The molecule has 8 heteroatoms. The number of ether oxygens (including phenoxy) is 1. The molecule has 1 atom stereocenters. The maximum absolute atomic E-state index is 12.0. The number of nitrogens with zero attached hydrogens (tertiary/aromatic N) is 1. The van der Waals surface area contributed by atoms with Crippen LogP contribution in [0.15, 0.2) is 0 Å². The van der Waals surface area contributed by atoms with E-state index in [2.05, 4.69) is 4.74 Å². The molecule has 15 heavy (non-hydrogen) atoms. The molecule has 0 aliphatic heterocycles. The van der Waals surface area contributed by atoms with Crippen molar-refractivity contribution in [1.82, 2.24) is 4.90 Å². The van der Waals surface area contributed by atoms with Crippen molar-refractivity contribution in [2.75, 3.05) is 19.4 Å². The number of hydrogen-bond donors (Lipinski definition) is 0. The molecule has 1 amide bonds. The standard InChI is InChI=1S/C7H11F3NO3P/c1-2-14-5(12)3-11(4-15)6(13)7(8,9)10/h2-4,15H2,1H3. The highest BCUT2D eigenvalue weighted by Crippen LogP contribution is 2.18. The van der Waals surface area contributed by atoms with Gasteiger partial charge in [-0.3, -0.25) is 9.59 Å². The Labute approximate surface area is 87.0 Å². The summed E-state index contributed by atoms with van der Waals surface area (Å²) < 4.78 is 40.3. The van der Waals surface area contributed by atoms with E-state index < -0.39 is 24.6 Å². The van der Waals surface area contributed by atoms with Crippen LogP contribution >= 0.6 is 9.24 Å². The summed E-state index contributed by atoms with van der Waals surface area (Å²) in [7, 11) is 1.94. The molecule has 88 valence electrons. The predicted octanol–water partition coefficient (Wildman–Crippen LogP) is 0.773. The Kier molecular flexibility index (Phi) is 5.57. The molecule has 1 unspecified atom stereocenters. The maximum atomic E-state index is 12.0. The third-order valence-corrected chi connectivity index (χ3v) is 1.82. The van der Waals surface area contributed by atoms with Gasteiger partial charge in [-0.15, -0.1) is 9.24 Å². The summed E-state index contributed by atoms with van der Waals surface area (Å²) in [5.74, 6) is -2.91. The summed E-state index contributed by atoms with van der Waals surface area (Å²) in [5.41, 5.74) is 0. The van der Waals surface area contributed by atoms with E-state index in [0.717, 1.165) is 0 Å². The summed E-state index contributed by atoms with van der Waals surface area (Å²) in [6.45, 7) is 0.883. The molecule has 0 fully saturated rings. The average Bonchev–Trinajstić information content (AvgIpc) is 2.12. The van der Waals surface area contributed by atoms with Crippen molar-refractivity contribution < 1.29 is 27.5 Å². The van der Waals surface area contributed by atoms with Crippen LogP contribution in [0.25, 0.3) is 0 Å². The lowest BCUT2D eigenvalue weighted by atomic mass is 10.5. The maximum Gasteiger partial charge on any atom is 0.471 e. The Morgan fingerprint density at radius 2 is 1.93 bits per heavy atom. The van der Waals surface area contributed by atoms with Crippen molar-refractivity contribution in [3.63, 3.8) is 0 Å². The Hall–Kier alpha value is -0.840. The van der Waals surface area contributed by atoms with E-state index >= 15 is 0 Å². The Balaban J connectivity index is 4.38. The van der Waals surface area contributed by atoms with Crippen LogP contribution in [-0.2, 0) is 14.3 Å². The fourth-order valence-corrected chi connectivity index (χ4v) is 1.06. The molecule has 0 rings (SSSR count). The summed E-state index contributed by atoms with van der Waals surface area (Å²) in [4.78, 5) is 21.9. The van der Waals surface area contributed by atoms with Gasteiger partial charge >= 0.3 is 18.1 Å². The topological polar surface area (TPSA) is 46.6 Å². The monoisotopic (exact) mass is 245 g/mol. The molecule has 0 aromatic heterocycles. The molecule has 0 heterocycles. The molecule has 0 N–H and O–H groups in total. The Morgan fingerprint density at radius 1 is 1.40 bits per heavy atom. The second kappa shape index (κ2) is 5.90. The second-order valence-electron chi connectivity index (χ2n) is 2.49. The molecular formula is C7H11F3NO3P. The van der Waals surface area contributed by atoms with E-state index in [0.29, 0.717) is 4.90 Å². The van der Waals surface area contributed by atoms with E-state index in [1.807, 2.05) is 9.24 Å². The van der Waals surface area contributed by atoms with Crippen LogP contribution in [0.1, 0.15) is 6.92 Å². The third-order valence-electron chi connectivity index (χ3n) is 1.38. The lowest BCUT2D eigenvalue weighted by molar-refractivity contribution is -0.185. The van der Waals surface area contributed by atoms with Gasteiger partial charge in [0.1, 0.15) is 6.54 Å². The zero-order valence-electron chi connectivity index (χ0n) is 8.00. The number of carbonyl (C=O) groups is 2. The molecule has 0 aliphatic carbocycles. The number of rotatable bonds is 4. The van der Waals surface area contributed by atoms with E-state index in [4.69, 9.17) is 0 Å². The van der Waals surface area contributed by atoms with Crippen molar-refractivity contribution >= 4 is 21.1 Å². The minimum absolute atomic E-state index is 0.0593. The van der Waals surface area contributed by atoms with Crippen LogP contribution in [0.2, 0.25) is 0 Å². The van der Waals surface area contributed by atoms with Gasteiger partial charge in [-0.25, -0.2) is 0 Å². The van der Waals surface area contributed by atoms with Crippen molar-refractivity contribution in [2.45, 2.75) is 13.1 Å². The van der Waals surface area contributed by atoms with Gasteiger partial charge in [0, 0.05) is 6.29 Å². The molecule has 0 aromatic rings. The van der Waals surface area contributed by atoms with Crippen molar-refractivity contribution in [2.24, 2.45) is 0 Å². The van der Waals surface area contributed by atoms with Crippen LogP contribution in [-0.4, -0.2) is 42.4 Å². The third kappa shape index (κ3) is 4.97. The van der Waals surface area contributed by atoms with Crippen LogP contribution in [0.3, 0.4) is 0 Å². The van der Waals surface area contributed by atoms with E-state index in [9.17, 15) is 22.8 Å². The summed E-state index contributed by atoms with van der Waals surface area (Å²) in [6, 6.07) is 0. The molecule has 0 radical (unpaired) electrons. The number of hydrogen-bond acceptors (Lipinski definition) is 3. The first kappa shape index (κ1) is 14.2. The molecule has 0 saturated carbocycles. The van der Waals surface area contributed by atoms with E-state index in [1.54, 1.807) is 0 Å². The molecular weight excluding hydrogens is 234 g/mol. The molecule has 0 aliphatic rings. The highest BCUT2D eigenvalue weighted by atomic mass is 31.0. The SMILES string of the molecule is CCOC(=O)CN(CP)C(=O)C(F)(F)F. The minimum atomic E-state index is -4.97. The second-order valence-corrected chi connectivity index (χ2v) is 2.85. The highest BCUT2D eigenvalue weighted by Gasteiger charge is 2.42. The van der Waals surface area contributed by atoms with Gasteiger partial charge in [0.05, 0.1) is 6.61 Å². The van der Waals surface area contributed by atoms with Gasteiger partial charge in [-0.05, 0) is 6.92 Å². The molecule has 4 nitrogen and oxygen atoms in total. The normalized spacial score (nSPS) is 11.0. The van der Waals surface area contributed by atoms with Gasteiger partial charge in [-0.1, -0.05) is 0 Å². The average molecular weight is 245 g/mol. The van der Waals surface area contributed by atoms with Gasteiger partial charge in [0.15, 0.2) is 0 Å². The number of carbonyl (C=O) groups excluding carboxylic acids is 2. The van der Waals surface area contributed by atoms with Gasteiger partial charge < -0.3 is 9.64 Å². The minimum Gasteiger partial charge on any atom is -0.465 e. The van der Waals surface area contributed by atoms with Gasteiger partial charge in [0.2, 0.25) is 0 Å². The van der Waals surface area contributed by atoms with Crippen LogP contribution in [0, 0.1) is 0 Å². The van der Waals surface area contributed by atoms with Gasteiger partial charge in [0.25, 0.3) is 0 Å². The largest absolute Gasteiger partial charge is 0.471 e. The van der Waals surface area contributed by atoms with Crippen LogP contribution in [0.5, 0.6) is 0 Å². The fraction of sp³-hybridized carbons (Fsp3) is 0.714. The number of esters is 1. The van der Waals surface area contributed by atoms with Crippen LogP contribution in [0.4, 0.5) is 13.2 Å². The van der Waals surface area contributed by atoms with E-state index in [1.165, 1.54) is 6.92 Å². The smallest absolute Gasteiger partial charge is 0.465 e. The number of halogens is 3. The van der Waals surface area contributed by atoms with E-state index in [-0.39, 0.29) is 12.9 Å². The Bertz CT molecular complexity index is 244. The highest BCUT2D eigenvalue weighted by molar-refractivity contribution is 7.16. The zero-order chi connectivity index (χ0) is 12.1. The summed E-state index contributed by atoms with van der Waals surface area (Å²) in [6.07, 6.45) is -5.25. The zero-order valence-corrected chi connectivity index (χ0v) is 9.16. The van der Waals surface area contributed by atoms with Crippen molar-refractivity contribution in [3.8, 4) is 0 Å². The molecule has 0 saturated heterocycles. The predicted molar refractivity (Wildman–Crippen MR) is 49.0 cm³/mol. The first-order valence-electron chi connectivity index (χ1n) is 4.04. The summed E-state index contributed by atoms with van der Waals surface area (Å²) in [5, 5.41) is 0. The fourth-order valence-electron chi connectivity index (χ4n) is 0.761. The van der Waals surface area contributed by atoms with Crippen molar-refractivity contribution in [3.05, 3.63) is 0 Å². The lowest BCUT2D eigenvalue weighted by Gasteiger charge is -2.20. The van der Waals surface area contributed by atoms with Gasteiger partial charge in [-0.2, -0.15) is 13.2 Å². The molecule has 0 aromatic carbocycles. The Morgan fingerprint density at radius 3 is 2.27 bits per heavy atom. The first-order valence-corrected chi connectivity index (χ1v) is 4.86. The molecule has 0 bridgehead atoms.